The summed E-state index contributed by atoms with van der Waals surface area (Å²) in [6, 6.07) is 10.4. The van der Waals surface area contributed by atoms with Gasteiger partial charge in [-0.05, 0) is 36.0 Å². The van der Waals surface area contributed by atoms with E-state index < -0.39 is 0 Å². The molecular formula is C14H17NO. The Hall–Kier alpha value is -1.49. The first-order valence-electron chi connectivity index (χ1n) is 5.57. The Bertz CT molecular complexity index is 434. The molecule has 0 amide bonds. The number of benzene rings is 1. The summed E-state index contributed by atoms with van der Waals surface area (Å²) in [5.74, 6) is 0.830. The van der Waals surface area contributed by atoms with Gasteiger partial charge in [0.2, 0.25) is 0 Å². The molecule has 1 aliphatic rings. The number of methoxy groups -OCH3 is 1. The van der Waals surface area contributed by atoms with Crippen molar-refractivity contribution in [2.75, 3.05) is 7.11 Å². The third-order valence-corrected chi connectivity index (χ3v) is 3.40. The Balaban J connectivity index is 2.33. The molecule has 1 aromatic carbocycles. The molecule has 0 radical (unpaired) electrons. The van der Waals surface area contributed by atoms with Gasteiger partial charge in [-0.25, -0.2) is 0 Å². The summed E-state index contributed by atoms with van der Waals surface area (Å²) in [7, 11) is 1.66. The highest BCUT2D eigenvalue weighted by Crippen LogP contribution is 2.55. The molecule has 2 rings (SSSR count). The predicted octanol–water partition coefficient (Wildman–Crippen LogP) is 3.28. The summed E-state index contributed by atoms with van der Waals surface area (Å²) in [5.41, 5.74) is 1.09. The molecule has 0 N–H and O–H groups in total. The smallest absolute Gasteiger partial charge is 0.119 e. The number of nitriles is 1. The average molecular weight is 215 g/mol. The number of hydrogen-bond donors (Lipinski definition) is 0. The molecule has 2 heteroatoms. The quantitative estimate of drug-likeness (QED) is 0.758. The van der Waals surface area contributed by atoms with Crippen LogP contribution >= 0.6 is 0 Å². The van der Waals surface area contributed by atoms with E-state index in [4.69, 9.17) is 4.74 Å². The zero-order valence-electron chi connectivity index (χ0n) is 10.1. The summed E-state index contributed by atoms with van der Waals surface area (Å²) < 4.78 is 5.21. The second-order valence-corrected chi connectivity index (χ2v) is 5.44. The number of rotatable bonds is 2. The normalized spacial score (nSPS) is 20.6. The van der Waals surface area contributed by atoms with Gasteiger partial charge in [0.15, 0.2) is 0 Å². The molecule has 1 fully saturated rings. The van der Waals surface area contributed by atoms with Crippen molar-refractivity contribution < 1.29 is 4.74 Å². The van der Waals surface area contributed by atoms with Crippen LogP contribution in [0.1, 0.15) is 32.3 Å². The molecule has 0 bridgehead atoms. The van der Waals surface area contributed by atoms with Crippen LogP contribution in [0.5, 0.6) is 5.75 Å². The average Bonchev–Trinajstić information content (AvgIpc) is 2.25. The fourth-order valence-electron chi connectivity index (χ4n) is 2.85. The molecule has 0 heterocycles. The Labute approximate surface area is 96.9 Å². The van der Waals surface area contributed by atoms with Crippen molar-refractivity contribution in [1.82, 2.24) is 0 Å². The van der Waals surface area contributed by atoms with Crippen LogP contribution in [0.2, 0.25) is 0 Å². The molecule has 0 aromatic heterocycles. The van der Waals surface area contributed by atoms with Gasteiger partial charge in [0.25, 0.3) is 0 Å². The molecule has 0 saturated heterocycles. The fraction of sp³-hybridized carbons (Fsp3) is 0.500. The minimum Gasteiger partial charge on any atom is -0.497 e. The lowest BCUT2D eigenvalue weighted by Gasteiger charge is -2.49. The van der Waals surface area contributed by atoms with Crippen LogP contribution in [0.4, 0.5) is 0 Å². The van der Waals surface area contributed by atoms with Crippen LogP contribution in [0, 0.1) is 16.7 Å². The summed E-state index contributed by atoms with van der Waals surface area (Å²) in [6.45, 7) is 4.42. The topological polar surface area (TPSA) is 33.0 Å². The van der Waals surface area contributed by atoms with Crippen molar-refractivity contribution in [1.29, 1.82) is 5.26 Å². The maximum Gasteiger partial charge on any atom is 0.119 e. The van der Waals surface area contributed by atoms with Crippen molar-refractivity contribution in [2.45, 2.75) is 32.1 Å². The van der Waals surface area contributed by atoms with Crippen LogP contribution in [-0.4, -0.2) is 7.11 Å². The highest BCUT2D eigenvalue weighted by Gasteiger charge is 2.50. The summed E-state index contributed by atoms with van der Waals surface area (Å²) in [6.07, 6.45) is 1.87. The van der Waals surface area contributed by atoms with Crippen molar-refractivity contribution >= 4 is 0 Å². The standard InChI is InChI=1S/C14H17NO/c1-13(2)8-14(9-13,10-15)11-5-4-6-12(7-11)16-3/h4-7H,8-9H2,1-3H3. The molecule has 1 aliphatic carbocycles. The third-order valence-electron chi connectivity index (χ3n) is 3.40. The van der Waals surface area contributed by atoms with Crippen LogP contribution in [-0.2, 0) is 5.41 Å². The first-order chi connectivity index (χ1) is 7.51. The minimum atomic E-state index is -0.294. The van der Waals surface area contributed by atoms with Crippen molar-refractivity contribution in [3.05, 3.63) is 29.8 Å². The highest BCUT2D eigenvalue weighted by molar-refractivity contribution is 5.41. The van der Waals surface area contributed by atoms with Gasteiger partial charge in [-0.2, -0.15) is 5.26 Å². The number of nitrogens with zero attached hydrogens (tertiary/aromatic N) is 1. The van der Waals surface area contributed by atoms with Crippen LogP contribution in [0.3, 0.4) is 0 Å². The second kappa shape index (κ2) is 3.52. The first-order valence-corrected chi connectivity index (χ1v) is 5.57. The van der Waals surface area contributed by atoms with E-state index in [2.05, 4.69) is 19.9 Å². The first kappa shape index (κ1) is 11.0. The molecule has 0 aliphatic heterocycles. The van der Waals surface area contributed by atoms with E-state index in [1.54, 1.807) is 7.11 Å². The Kier molecular flexibility index (Phi) is 2.42. The zero-order valence-corrected chi connectivity index (χ0v) is 10.1. The van der Waals surface area contributed by atoms with Gasteiger partial charge in [-0.3, -0.25) is 0 Å². The van der Waals surface area contributed by atoms with Crippen molar-refractivity contribution in [3.63, 3.8) is 0 Å². The lowest BCUT2D eigenvalue weighted by molar-refractivity contribution is 0.0997. The SMILES string of the molecule is COc1cccc(C2(C#N)CC(C)(C)C2)c1. The van der Waals surface area contributed by atoms with E-state index in [1.807, 2.05) is 24.3 Å². The number of hydrogen-bond acceptors (Lipinski definition) is 2. The predicted molar refractivity (Wildman–Crippen MR) is 63.3 cm³/mol. The largest absolute Gasteiger partial charge is 0.497 e. The molecule has 84 valence electrons. The molecule has 1 aromatic rings. The monoisotopic (exact) mass is 215 g/mol. The molecule has 0 unspecified atom stereocenters. The van der Waals surface area contributed by atoms with Crippen molar-refractivity contribution in [2.24, 2.45) is 5.41 Å². The van der Waals surface area contributed by atoms with E-state index in [0.717, 1.165) is 24.2 Å². The van der Waals surface area contributed by atoms with E-state index >= 15 is 0 Å². The summed E-state index contributed by atoms with van der Waals surface area (Å²) in [4.78, 5) is 0. The third kappa shape index (κ3) is 1.67. The molecule has 1 saturated carbocycles. The van der Waals surface area contributed by atoms with E-state index in [0.29, 0.717) is 5.41 Å². The lowest BCUT2D eigenvalue weighted by atomic mass is 9.52. The van der Waals surface area contributed by atoms with Gasteiger partial charge in [0.05, 0.1) is 18.6 Å². The maximum atomic E-state index is 9.39. The molecule has 16 heavy (non-hydrogen) atoms. The van der Waals surface area contributed by atoms with Gasteiger partial charge in [-0.1, -0.05) is 26.0 Å². The van der Waals surface area contributed by atoms with Gasteiger partial charge in [0, 0.05) is 0 Å². The minimum absolute atomic E-state index is 0.290. The van der Waals surface area contributed by atoms with Crippen LogP contribution in [0.25, 0.3) is 0 Å². The summed E-state index contributed by atoms with van der Waals surface area (Å²) in [5, 5.41) is 9.39. The van der Waals surface area contributed by atoms with Gasteiger partial charge in [0.1, 0.15) is 5.75 Å². The number of ether oxygens (including phenoxy) is 1. The Morgan fingerprint density at radius 1 is 1.31 bits per heavy atom. The van der Waals surface area contributed by atoms with E-state index in [9.17, 15) is 5.26 Å². The highest BCUT2D eigenvalue weighted by atomic mass is 16.5. The Morgan fingerprint density at radius 2 is 2.00 bits per heavy atom. The lowest BCUT2D eigenvalue weighted by Crippen LogP contribution is -2.45. The van der Waals surface area contributed by atoms with Crippen LogP contribution in [0.15, 0.2) is 24.3 Å². The molecule has 2 nitrogen and oxygen atoms in total. The maximum absolute atomic E-state index is 9.39. The van der Waals surface area contributed by atoms with Gasteiger partial charge in [-0.15, -0.1) is 0 Å². The molecule has 0 atom stereocenters. The molecule has 0 spiro atoms. The molecular weight excluding hydrogens is 198 g/mol. The zero-order chi connectivity index (χ0) is 11.8. The van der Waals surface area contributed by atoms with Crippen molar-refractivity contribution in [3.8, 4) is 11.8 Å². The van der Waals surface area contributed by atoms with E-state index in [-0.39, 0.29) is 5.41 Å². The second-order valence-electron chi connectivity index (χ2n) is 5.44. The van der Waals surface area contributed by atoms with Gasteiger partial charge < -0.3 is 4.74 Å². The Morgan fingerprint density at radius 3 is 2.50 bits per heavy atom. The van der Waals surface area contributed by atoms with E-state index in [1.165, 1.54) is 0 Å². The summed E-state index contributed by atoms with van der Waals surface area (Å²) >= 11 is 0. The van der Waals surface area contributed by atoms with Gasteiger partial charge >= 0.3 is 0 Å². The fourth-order valence-corrected chi connectivity index (χ4v) is 2.85. The van der Waals surface area contributed by atoms with Crippen LogP contribution < -0.4 is 4.74 Å².